The van der Waals surface area contributed by atoms with Gasteiger partial charge in [-0.3, -0.25) is 13.8 Å². The Bertz CT molecular complexity index is 1040. The van der Waals surface area contributed by atoms with Crippen LogP contribution in [0.15, 0.2) is 12.2 Å². The zero-order valence-corrected chi connectivity index (χ0v) is 43.7. The molecule has 3 atom stereocenters. The van der Waals surface area contributed by atoms with E-state index >= 15 is 0 Å². The van der Waals surface area contributed by atoms with Gasteiger partial charge in [-0.25, -0.2) is 4.57 Å². The number of hydrogen-bond donors (Lipinski definition) is 3. The molecule has 0 aliphatic heterocycles. The maximum Gasteiger partial charge on any atom is 0.472 e. The fourth-order valence-corrected chi connectivity index (χ4v) is 9.13. The minimum absolute atomic E-state index is 0.0648. The summed E-state index contributed by atoms with van der Waals surface area (Å²) in [5.74, 6) is -0.172. The molecule has 1 amide bonds. The maximum atomic E-state index is 12.9. The van der Waals surface area contributed by atoms with E-state index in [2.05, 4.69) is 19.2 Å². The SMILES string of the molecule is CCCCCCCCCCCC/C=C/C(O)C(COP(=O)(O)OCC[N+](C)(C)C)NC(=O)CCCCCCCCCCCCCCCCCCCCCCCCCCCCCCC. The predicted octanol–water partition coefficient (Wildman–Crippen LogP) is 16.3. The number of nitrogens with one attached hydrogen (secondary N) is 1. The van der Waals surface area contributed by atoms with Gasteiger partial charge in [-0.2, -0.15) is 0 Å². The maximum absolute atomic E-state index is 12.9. The zero-order valence-electron chi connectivity index (χ0n) is 42.8. The minimum atomic E-state index is -4.33. The van der Waals surface area contributed by atoms with Gasteiger partial charge in [0.25, 0.3) is 0 Å². The van der Waals surface area contributed by atoms with Crippen LogP contribution in [-0.4, -0.2) is 73.4 Å². The third kappa shape index (κ3) is 49.0. The van der Waals surface area contributed by atoms with Gasteiger partial charge < -0.3 is 19.8 Å². The van der Waals surface area contributed by atoms with Gasteiger partial charge in [0, 0.05) is 6.42 Å². The third-order valence-electron chi connectivity index (χ3n) is 12.8. The van der Waals surface area contributed by atoms with Crippen LogP contribution in [-0.2, 0) is 18.4 Å². The lowest BCUT2D eigenvalue weighted by Gasteiger charge is -2.25. The van der Waals surface area contributed by atoms with E-state index in [1.807, 2.05) is 27.2 Å². The second-order valence-corrected chi connectivity index (χ2v) is 21.8. The Morgan fingerprint density at radius 1 is 0.524 bits per heavy atom. The van der Waals surface area contributed by atoms with E-state index in [9.17, 15) is 19.4 Å². The van der Waals surface area contributed by atoms with E-state index in [4.69, 9.17) is 9.05 Å². The van der Waals surface area contributed by atoms with Crippen molar-refractivity contribution in [2.24, 2.45) is 0 Å². The van der Waals surface area contributed by atoms with E-state index in [-0.39, 0.29) is 19.1 Å². The van der Waals surface area contributed by atoms with Crippen LogP contribution >= 0.6 is 7.82 Å². The molecular weight excluding hydrogens is 804 g/mol. The van der Waals surface area contributed by atoms with Crippen molar-refractivity contribution in [2.75, 3.05) is 40.9 Å². The van der Waals surface area contributed by atoms with E-state index in [1.165, 1.54) is 218 Å². The average Bonchev–Trinajstić information content (AvgIpc) is 3.24. The van der Waals surface area contributed by atoms with Crippen LogP contribution in [0.3, 0.4) is 0 Å². The number of phosphoric acid groups is 1. The van der Waals surface area contributed by atoms with Crippen molar-refractivity contribution in [2.45, 2.75) is 289 Å². The summed E-state index contributed by atoms with van der Waals surface area (Å²) < 4.78 is 23.6. The predicted molar refractivity (Wildman–Crippen MR) is 272 cm³/mol. The molecule has 376 valence electrons. The molecule has 0 spiro atoms. The summed E-state index contributed by atoms with van der Waals surface area (Å²) in [6.07, 6.45) is 56.0. The first-order chi connectivity index (χ1) is 30.5. The molecule has 0 bridgehead atoms. The normalized spacial score (nSPS) is 14.1. The minimum Gasteiger partial charge on any atom is -0.387 e. The Morgan fingerprint density at radius 3 is 1.17 bits per heavy atom. The van der Waals surface area contributed by atoms with Crippen LogP contribution in [0.4, 0.5) is 0 Å². The summed E-state index contributed by atoms with van der Waals surface area (Å²) in [4.78, 5) is 23.2. The molecule has 0 fully saturated rings. The highest BCUT2D eigenvalue weighted by molar-refractivity contribution is 7.47. The highest BCUT2D eigenvalue weighted by atomic mass is 31.2. The van der Waals surface area contributed by atoms with Crippen LogP contribution in [0.5, 0.6) is 0 Å². The van der Waals surface area contributed by atoms with Crippen LogP contribution in [0.2, 0.25) is 0 Å². The number of hydrogen-bond acceptors (Lipinski definition) is 5. The lowest BCUT2D eigenvalue weighted by Crippen LogP contribution is -2.45. The first kappa shape index (κ1) is 62.2. The van der Waals surface area contributed by atoms with Crippen LogP contribution < -0.4 is 5.32 Å². The van der Waals surface area contributed by atoms with Crippen molar-refractivity contribution in [3.63, 3.8) is 0 Å². The quantitative estimate of drug-likeness (QED) is 0.0243. The van der Waals surface area contributed by atoms with E-state index < -0.39 is 20.0 Å². The van der Waals surface area contributed by atoms with Crippen molar-refractivity contribution in [3.8, 4) is 0 Å². The van der Waals surface area contributed by atoms with Gasteiger partial charge in [-0.1, -0.05) is 264 Å². The van der Waals surface area contributed by atoms with Gasteiger partial charge in [-0.05, 0) is 19.3 Å². The summed E-state index contributed by atoms with van der Waals surface area (Å²) in [5, 5.41) is 13.9. The van der Waals surface area contributed by atoms with Crippen molar-refractivity contribution in [3.05, 3.63) is 12.2 Å². The zero-order chi connectivity index (χ0) is 46.4. The number of phosphoric ester groups is 1. The molecule has 0 saturated carbocycles. The van der Waals surface area contributed by atoms with E-state index in [0.29, 0.717) is 17.4 Å². The number of quaternary nitrogens is 1. The van der Waals surface area contributed by atoms with Gasteiger partial charge in [0.05, 0.1) is 39.9 Å². The molecule has 0 aliphatic carbocycles. The number of carbonyl (C=O) groups excluding carboxylic acids is 1. The highest BCUT2D eigenvalue weighted by Crippen LogP contribution is 2.43. The van der Waals surface area contributed by atoms with Gasteiger partial charge in [0.15, 0.2) is 0 Å². The largest absolute Gasteiger partial charge is 0.472 e. The van der Waals surface area contributed by atoms with Crippen molar-refractivity contribution < 1.29 is 32.9 Å². The third-order valence-corrected chi connectivity index (χ3v) is 13.7. The van der Waals surface area contributed by atoms with E-state index in [1.54, 1.807) is 6.08 Å². The number of amides is 1. The van der Waals surface area contributed by atoms with Crippen LogP contribution in [0.1, 0.15) is 277 Å². The molecule has 0 aromatic carbocycles. The number of aliphatic hydroxyl groups excluding tert-OH is 1. The molecule has 0 heterocycles. The number of nitrogens with zero attached hydrogens (tertiary/aromatic N) is 1. The molecule has 0 aromatic heterocycles. The Balaban J connectivity index is 4.02. The number of carbonyl (C=O) groups is 1. The lowest BCUT2D eigenvalue weighted by molar-refractivity contribution is -0.870. The first-order valence-corrected chi connectivity index (χ1v) is 29.1. The number of likely N-dealkylation sites (N-methyl/N-ethyl adjacent to an activating group) is 1. The van der Waals surface area contributed by atoms with Crippen molar-refractivity contribution in [1.29, 1.82) is 0 Å². The topological polar surface area (TPSA) is 105 Å². The monoisotopic (exact) mass is 914 g/mol. The summed E-state index contributed by atoms with van der Waals surface area (Å²) in [5.41, 5.74) is 0. The van der Waals surface area contributed by atoms with E-state index in [0.717, 1.165) is 38.5 Å². The summed E-state index contributed by atoms with van der Waals surface area (Å²) in [6.45, 7) is 4.84. The molecule has 3 N–H and O–H groups in total. The molecule has 0 rings (SSSR count). The Kier molecular flexibility index (Phi) is 45.8. The fourth-order valence-electron chi connectivity index (χ4n) is 8.40. The number of unbranched alkanes of at least 4 members (excludes halogenated alkanes) is 38. The molecule has 63 heavy (non-hydrogen) atoms. The molecule has 9 heteroatoms. The molecule has 8 nitrogen and oxygen atoms in total. The summed E-state index contributed by atoms with van der Waals surface area (Å²) in [7, 11) is 1.59. The number of aliphatic hydroxyl groups is 1. The van der Waals surface area contributed by atoms with Crippen LogP contribution in [0.25, 0.3) is 0 Å². The molecule has 3 unspecified atom stereocenters. The standard InChI is InChI=1S/C54H109N2O6P/c1-6-8-10-12-14-16-18-20-21-22-23-24-25-26-27-28-29-30-31-32-33-34-35-36-38-40-42-44-46-48-54(58)55-52(51-62-63(59,60)61-50-49-56(3,4)5)53(57)47-45-43-41-39-37-19-17-15-13-11-9-7-2/h45,47,52-53,57H,6-44,46,48-51H2,1-5H3,(H-,55,58,59,60)/p+1/b47-45+. The lowest BCUT2D eigenvalue weighted by atomic mass is 10.0. The second-order valence-electron chi connectivity index (χ2n) is 20.3. The summed E-state index contributed by atoms with van der Waals surface area (Å²) in [6, 6.07) is -0.840. The highest BCUT2D eigenvalue weighted by Gasteiger charge is 2.27. The molecule has 0 radical (unpaired) electrons. The Labute approximate surface area is 392 Å². The fraction of sp³-hybridized carbons (Fsp3) is 0.944. The molecular formula is C54H110N2O6P+. The van der Waals surface area contributed by atoms with Gasteiger partial charge in [-0.15, -0.1) is 0 Å². The van der Waals surface area contributed by atoms with Crippen molar-refractivity contribution >= 4 is 13.7 Å². The Morgan fingerprint density at radius 2 is 0.841 bits per heavy atom. The Hall–Kier alpha value is -0.760. The molecule has 0 saturated heterocycles. The number of allylic oxidation sites excluding steroid dienone is 1. The van der Waals surface area contributed by atoms with Crippen LogP contribution in [0, 0.1) is 0 Å². The van der Waals surface area contributed by atoms with Gasteiger partial charge in [0.2, 0.25) is 5.91 Å². The number of rotatable bonds is 51. The molecule has 0 aromatic rings. The second kappa shape index (κ2) is 46.4. The first-order valence-electron chi connectivity index (χ1n) is 27.6. The van der Waals surface area contributed by atoms with Gasteiger partial charge >= 0.3 is 7.82 Å². The van der Waals surface area contributed by atoms with Gasteiger partial charge in [0.1, 0.15) is 13.2 Å². The molecule has 0 aliphatic rings. The summed E-state index contributed by atoms with van der Waals surface area (Å²) >= 11 is 0. The smallest absolute Gasteiger partial charge is 0.387 e. The average molecular weight is 914 g/mol. The van der Waals surface area contributed by atoms with Crippen molar-refractivity contribution in [1.82, 2.24) is 5.32 Å².